The molecule has 1 unspecified atom stereocenters. The van der Waals surface area contributed by atoms with Crippen molar-refractivity contribution in [1.82, 2.24) is 4.31 Å². The first kappa shape index (κ1) is 32.5. The number of hydrogen-bond donors (Lipinski definition) is 0. The SMILES string of the molecule is CC(=O)OC1=CC([Si](C(C)C)(C(C)C)C(C)C)=C(N(Cc2ccccc2)S(=O)(=O)c2ccc(C)cc2)C1c1ccccc1. The molecule has 0 amide bonds. The van der Waals surface area contributed by atoms with E-state index in [1.165, 1.54) is 6.92 Å². The van der Waals surface area contributed by atoms with Gasteiger partial charge in [0.25, 0.3) is 10.0 Å². The van der Waals surface area contributed by atoms with Gasteiger partial charge in [0.05, 0.1) is 25.4 Å². The summed E-state index contributed by atoms with van der Waals surface area (Å²) in [5, 5.41) is 1.05. The van der Waals surface area contributed by atoms with Crippen molar-refractivity contribution in [3.63, 3.8) is 0 Å². The molecule has 7 heteroatoms. The van der Waals surface area contributed by atoms with Crippen LogP contribution in [0.1, 0.15) is 71.1 Å². The van der Waals surface area contributed by atoms with E-state index in [9.17, 15) is 13.2 Å². The summed E-state index contributed by atoms with van der Waals surface area (Å²) < 4.78 is 37.4. The molecule has 1 aliphatic carbocycles. The van der Waals surface area contributed by atoms with Crippen molar-refractivity contribution in [2.45, 2.75) is 89.4 Å². The predicted molar refractivity (Wildman–Crippen MR) is 177 cm³/mol. The number of carbonyl (C=O) groups is 1. The van der Waals surface area contributed by atoms with Crippen LogP contribution in [0.15, 0.2) is 113 Å². The van der Waals surface area contributed by atoms with Crippen LogP contribution in [0.2, 0.25) is 16.6 Å². The first-order chi connectivity index (χ1) is 20.3. The van der Waals surface area contributed by atoms with E-state index in [-0.39, 0.29) is 11.4 Å². The van der Waals surface area contributed by atoms with Gasteiger partial charge in [-0.1, -0.05) is 120 Å². The molecule has 228 valence electrons. The summed E-state index contributed by atoms with van der Waals surface area (Å²) >= 11 is 0. The Balaban J connectivity index is 2.15. The van der Waals surface area contributed by atoms with Gasteiger partial charge in [-0.3, -0.25) is 9.10 Å². The molecular formula is C36H45NO4SSi. The van der Waals surface area contributed by atoms with E-state index >= 15 is 0 Å². The van der Waals surface area contributed by atoms with Crippen molar-refractivity contribution >= 4 is 24.1 Å². The Morgan fingerprint density at radius 2 is 1.33 bits per heavy atom. The van der Waals surface area contributed by atoms with E-state index in [1.807, 2.05) is 85.8 Å². The summed E-state index contributed by atoms with van der Waals surface area (Å²) in [7, 11) is -6.53. The lowest BCUT2D eigenvalue weighted by Gasteiger charge is -2.45. The molecule has 0 aromatic heterocycles. The third kappa shape index (κ3) is 6.29. The average Bonchev–Trinajstić information content (AvgIpc) is 3.30. The van der Waals surface area contributed by atoms with Gasteiger partial charge in [-0.15, -0.1) is 0 Å². The summed E-state index contributed by atoms with van der Waals surface area (Å²) in [6.07, 6.45) is 2.03. The lowest BCUT2D eigenvalue weighted by Crippen LogP contribution is -2.48. The molecule has 43 heavy (non-hydrogen) atoms. The largest absolute Gasteiger partial charge is 0.430 e. The fraction of sp³-hybridized carbons (Fsp3) is 0.361. The molecular weight excluding hydrogens is 571 g/mol. The second kappa shape index (κ2) is 13.1. The van der Waals surface area contributed by atoms with Crippen LogP contribution in [-0.2, 0) is 26.1 Å². The topological polar surface area (TPSA) is 63.7 Å². The number of hydrogen-bond acceptors (Lipinski definition) is 4. The van der Waals surface area contributed by atoms with Crippen LogP contribution in [0.5, 0.6) is 0 Å². The molecule has 0 bridgehead atoms. The number of carbonyl (C=O) groups excluding carboxylic acids is 1. The number of benzene rings is 3. The predicted octanol–water partition coefficient (Wildman–Crippen LogP) is 8.90. The van der Waals surface area contributed by atoms with Crippen molar-refractivity contribution in [2.75, 3.05) is 0 Å². The minimum atomic E-state index is -4.04. The summed E-state index contributed by atoms with van der Waals surface area (Å²) in [4.78, 5) is 12.8. The summed E-state index contributed by atoms with van der Waals surface area (Å²) in [6.45, 7) is 17.1. The lowest BCUT2D eigenvalue weighted by molar-refractivity contribution is -0.137. The fourth-order valence-corrected chi connectivity index (χ4v) is 15.8. The normalized spacial score (nSPS) is 15.8. The maximum absolute atomic E-state index is 14.9. The average molecular weight is 616 g/mol. The van der Waals surface area contributed by atoms with E-state index in [0.29, 0.717) is 28.1 Å². The van der Waals surface area contributed by atoms with E-state index in [2.05, 4.69) is 41.5 Å². The maximum atomic E-state index is 14.9. The van der Waals surface area contributed by atoms with Crippen molar-refractivity contribution in [1.29, 1.82) is 0 Å². The van der Waals surface area contributed by atoms with E-state index < -0.39 is 30.0 Å². The molecule has 3 aromatic carbocycles. The monoisotopic (exact) mass is 615 g/mol. The highest BCUT2D eigenvalue weighted by molar-refractivity contribution is 7.89. The third-order valence-corrected chi connectivity index (χ3v) is 17.7. The van der Waals surface area contributed by atoms with E-state index in [4.69, 9.17) is 4.74 Å². The van der Waals surface area contributed by atoms with Gasteiger partial charge in [-0.25, -0.2) is 8.42 Å². The molecule has 0 radical (unpaired) electrons. The zero-order valence-corrected chi connectivity index (χ0v) is 28.5. The molecule has 0 heterocycles. The number of sulfonamides is 1. The summed E-state index contributed by atoms with van der Waals surface area (Å²) in [5.74, 6) is -0.499. The number of aryl methyl sites for hydroxylation is 1. The van der Waals surface area contributed by atoms with Gasteiger partial charge in [0, 0.05) is 12.6 Å². The van der Waals surface area contributed by atoms with Crippen LogP contribution >= 0.6 is 0 Å². The molecule has 0 aliphatic heterocycles. The van der Waals surface area contributed by atoms with Crippen molar-refractivity contribution in [3.8, 4) is 0 Å². The van der Waals surface area contributed by atoms with Crippen LogP contribution in [0.3, 0.4) is 0 Å². The molecule has 3 aromatic rings. The second-order valence-electron chi connectivity index (χ2n) is 12.5. The minimum absolute atomic E-state index is 0.152. The van der Waals surface area contributed by atoms with Gasteiger partial charge in [0.2, 0.25) is 0 Å². The molecule has 0 spiro atoms. The Morgan fingerprint density at radius 1 is 0.814 bits per heavy atom. The van der Waals surface area contributed by atoms with Gasteiger partial charge in [-0.05, 0) is 58.1 Å². The zero-order valence-electron chi connectivity index (χ0n) is 26.7. The van der Waals surface area contributed by atoms with Gasteiger partial charge < -0.3 is 4.74 Å². The highest BCUT2D eigenvalue weighted by Crippen LogP contribution is 2.55. The first-order valence-corrected chi connectivity index (χ1v) is 18.8. The van der Waals surface area contributed by atoms with Gasteiger partial charge in [0.15, 0.2) is 0 Å². The lowest BCUT2D eigenvalue weighted by atomic mass is 9.96. The van der Waals surface area contributed by atoms with Crippen LogP contribution < -0.4 is 0 Å². The molecule has 0 N–H and O–H groups in total. The molecule has 1 atom stereocenters. The number of rotatable bonds is 11. The van der Waals surface area contributed by atoms with Crippen molar-refractivity contribution in [2.24, 2.45) is 0 Å². The molecule has 5 nitrogen and oxygen atoms in total. The Labute approximate surface area is 259 Å². The quantitative estimate of drug-likeness (QED) is 0.160. The van der Waals surface area contributed by atoms with Crippen LogP contribution in [0, 0.1) is 6.92 Å². The smallest absolute Gasteiger partial charge is 0.307 e. The second-order valence-corrected chi connectivity index (χ2v) is 20.2. The number of allylic oxidation sites excluding steroid dienone is 2. The van der Waals surface area contributed by atoms with Crippen LogP contribution in [0.4, 0.5) is 0 Å². The highest BCUT2D eigenvalue weighted by atomic mass is 32.2. The summed E-state index contributed by atoms with van der Waals surface area (Å²) in [6, 6.07) is 26.6. The van der Waals surface area contributed by atoms with Gasteiger partial charge in [-0.2, -0.15) is 0 Å². The van der Waals surface area contributed by atoms with Gasteiger partial charge in [0.1, 0.15) is 5.76 Å². The highest BCUT2D eigenvalue weighted by Gasteiger charge is 2.52. The van der Waals surface area contributed by atoms with Crippen molar-refractivity contribution in [3.05, 3.63) is 124 Å². The number of nitrogens with zero attached hydrogens (tertiary/aromatic N) is 1. The molecule has 0 saturated carbocycles. The summed E-state index contributed by atoms with van der Waals surface area (Å²) in [5.41, 5.74) is 4.34. The van der Waals surface area contributed by atoms with Crippen LogP contribution in [0.25, 0.3) is 0 Å². The number of esters is 1. The minimum Gasteiger partial charge on any atom is -0.430 e. The maximum Gasteiger partial charge on any atom is 0.307 e. The number of ether oxygens (including phenoxy) is 1. The zero-order chi connectivity index (χ0) is 31.5. The Kier molecular flexibility index (Phi) is 9.87. The fourth-order valence-electron chi connectivity index (χ4n) is 7.26. The van der Waals surface area contributed by atoms with E-state index in [0.717, 1.165) is 21.9 Å². The Hall–Kier alpha value is -3.42. The molecule has 1 aliphatic rings. The third-order valence-electron chi connectivity index (χ3n) is 8.89. The Bertz CT molecular complexity index is 1570. The van der Waals surface area contributed by atoms with Crippen LogP contribution in [-0.4, -0.2) is 26.8 Å². The Morgan fingerprint density at radius 3 is 1.81 bits per heavy atom. The standard InChI is InChI=1S/C36H45NO4SSi/c1-25(2)43(26(3)4,27(5)6)34-23-33(41-29(8)38)35(31-17-13-10-14-18-31)36(34)37(24-30-15-11-9-12-16-30)42(39,40)32-21-19-28(7)20-22-32/h9-23,25-27,35H,24H2,1-8H3. The molecule has 4 rings (SSSR count). The first-order valence-electron chi connectivity index (χ1n) is 15.1. The van der Waals surface area contributed by atoms with Crippen molar-refractivity contribution < 1.29 is 17.9 Å². The molecule has 0 saturated heterocycles. The van der Waals surface area contributed by atoms with Gasteiger partial charge >= 0.3 is 5.97 Å². The molecule has 0 fully saturated rings. The van der Waals surface area contributed by atoms with E-state index in [1.54, 1.807) is 16.4 Å².